The van der Waals surface area contributed by atoms with Crippen molar-refractivity contribution in [2.24, 2.45) is 7.05 Å². The van der Waals surface area contributed by atoms with E-state index in [1.807, 2.05) is 0 Å². The van der Waals surface area contributed by atoms with Crippen molar-refractivity contribution in [3.05, 3.63) is 12.2 Å². The van der Waals surface area contributed by atoms with E-state index in [0.29, 0.717) is 30.2 Å². The number of imidazole rings is 1. The number of ether oxygens (including phenoxy) is 1. The van der Waals surface area contributed by atoms with Crippen LogP contribution in [0.1, 0.15) is 10.6 Å². The molecule has 0 spiro atoms. The summed E-state index contributed by atoms with van der Waals surface area (Å²) in [5.41, 5.74) is 1.34. The quantitative estimate of drug-likeness (QED) is 0.696. The molecule has 3 rings (SSSR count). The van der Waals surface area contributed by atoms with Crippen LogP contribution in [-0.2, 0) is 11.8 Å². The minimum Gasteiger partial charge on any atom is -0.378 e. The van der Waals surface area contributed by atoms with Crippen LogP contribution < -0.4 is 4.90 Å². The molecule has 2 aromatic rings. The Balaban J connectivity index is 2.14. The van der Waals surface area contributed by atoms with Crippen LogP contribution in [0.2, 0.25) is 0 Å². The molecule has 0 radical (unpaired) electrons. The SMILES string of the molecule is Cn1c(C=O)nc2c(N3CCOCC3)ncnc21. The molecule has 1 fully saturated rings. The van der Waals surface area contributed by atoms with Crippen molar-refractivity contribution in [3.63, 3.8) is 0 Å². The molecule has 1 aliphatic heterocycles. The van der Waals surface area contributed by atoms with E-state index in [0.717, 1.165) is 25.2 Å². The summed E-state index contributed by atoms with van der Waals surface area (Å²) in [4.78, 5) is 25.8. The molecule has 7 nitrogen and oxygen atoms in total. The minimum atomic E-state index is 0.361. The fourth-order valence-corrected chi connectivity index (χ4v) is 2.12. The molecule has 0 saturated carbocycles. The highest BCUT2D eigenvalue weighted by molar-refractivity contribution is 5.87. The summed E-state index contributed by atoms with van der Waals surface area (Å²) in [6.07, 6.45) is 2.23. The van der Waals surface area contributed by atoms with Crippen LogP contribution in [0.3, 0.4) is 0 Å². The van der Waals surface area contributed by atoms with E-state index in [-0.39, 0.29) is 0 Å². The summed E-state index contributed by atoms with van der Waals surface area (Å²) in [6, 6.07) is 0. The lowest BCUT2D eigenvalue weighted by Crippen LogP contribution is -2.36. The third-order valence-electron chi connectivity index (χ3n) is 3.09. The molecule has 18 heavy (non-hydrogen) atoms. The first kappa shape index (κ1) is 11.1. The first-order chi connectivity index (χ1) is 8.81. The monoisotopic (exact) mass is 247 g/mol. The minimum absolute atomic E-state index is 0.361. The molecule has 0 amide bonds. The van der Waals surface area contributed by atoms with Crippen molar-refractivity contribution in [2.75, 3.05) is 31.2 Å². The lowest BCUT2D eigenvalue weighted by Gasteiger charge is -2.27. The Kier molecular flexibility index (Phi) is 2.67. The van der Waals surface area contributed by atoms with Gasteiger partial charge in [-0.3, -0.25) is 4.79 Å². The third kappa shape index (κ3) is 1.63. The molecule has 7 heteroatoms. The van der Waals surface area contributed by atoms with Gasteiger partial charge in [-0.2, -0.15) is 0 Å². The normalized spacial score (nSPS) is 16.2. The molecule has 3 heterocycles. The average molecular weight is 247 g/mol. The maximum absolute atomic E-state index is 10.9. The molecule has 2 aromatic heterocycles. The van der Waals surface area contributed by atoms with Gasteiger partial charge in [-0.25, -0.2) is 15.0 Å². The largest absolute Gasteiger partial charge is 0.378 e. The van der Waals surface area contributed by atoms with E-state index >= 15 is 0 Å². The van der Waals surface area contributed by atoms with E-state index in [1.54, 1.807) is 11.6 Å². The van der Waals surface area contributed by atoms with Gasteiger partial charge < -0.3 is 14.2 Å². The van der Waals surface area contributed by atoms with Crippen LogP contribution in [-0.4, -0.2) is 52.1 Å². The Morgan fingerprint density at radius 1 is 1.33 bits per heavy atom. The number of rotatable bonds is 2. The number of carbonyl (C=O) groups is 1. The molecule has 94 valence electrons. The Labute approximate surface area is 103 Å². The number of nitrogens with zero attached hydrogens (tertiary/aromatic N) is 5. The molecule has 0 unspecified atom stereocenters. The molecular weight excluding hydrogens is 234 g/mol. The van der Waals surface area contributed by atoms with Gasteiger partial charge in [-0.15, -0.1) is 0 Å². The zero-order chi connectivity index (χ0) is 12.5. The van der Waals surface area contributed by atoms with Crippen molar-refractivity contribution < 1.29 is 9.53 Å². The van der Waals surface area contributed by atoms with Crippen LogP contribution in [0.4, 0.5) is 5.82 Å². The summed E-state index contributed by atoms with van der Waals surface area (Å²) in [6.45, 7) is 2.91. The zero-order valence-corrected chi connectivity index (χ0v) is 10.0. The summed E-state index contributed by atoms with van der Waals surface area (Å²) < 4.78 is 6.99. The lowest BCUT2D eigenvalue weighted by molar-refractivity contribution is 0.111. The number of aryl methyl sites for hydroxylation is 1. The molecule has 0 aliphatic carbocycles. The molecule has 0 bridgehead atoms. The zero-order valence-electron chi connectivity index (χ0n) is 10.0. The fourth-order valence-electron chi connectivity index (χ4n) is 2.12. The second kappa shape index (κ2) is 4.34. The summed E-state index contributed by atoms with van der Waals surface area (Å²) in [5, 5.41) is 0. The Morgan fingerprint density at radius 2 is 2.11 bits per heavy atom. The highest BCUT2D eigenvalue weighted by Crippen LogP contribution is 2.22. The van der Waals surface area contributed by atoms with Crippen LogP contribution >= 0.6 is 0 Å². The van der Waals surface area contributed by atoms with Gasteiger partial charge in [0.25, 0.3) is 0 Å². The van der Waals surface area contributed by atoms with Gasteiger partial charge in [0, 0.05) is 20.1 Å². The number of anilines is 1. The van der Waals surface area contributed by atoms with Crippen LogP contribution in [0, 0.1) is 0 Å². The number of aldehydes is 1. The third-order valence-corrected chi connectivity index (χ3v) is 3.09. The molecular formula is C11H13N5O2. The van der Waals surface area contributed by atoms with Crippen LogP contribution in [0.25, 0.3) is 11.2 Å². The van der Waals surface area contributed by atoms with Crippen molar-refractivity contribution >= 4 is 23.3 Å². The van der Waals surface area contributed by atoms with Crippen molar-refractivity contribution in [1.82, 2.24) is 19.5 Å². The highest BCUT2D eigenvalue weighted by atomic mass is 16.5. The van der Waals surface area contributed by atoms with Crippen molar-refractivity contribution in [3.8, 4) is 0 Å². The van der Waals surface area contributed by atoms with Crippen molar-refractivity contribution in [1.29, 1.82) is 0 Å². The number of hydrogen-bond donors (Lipinski definition) is 0. The number of hydrogen-bond acceptors (Lipinski definition) is 6. The molecule has 1 saturated heterocycles. The predicted octanol–water partition coefficient (Wildman–Crippen LogP) is 0.0124. The predicted molar refractivity (Wildman–Crippen MR) is 64.7 cm³/mol. The smallest absolute Gasteiger partial charge is 0.185 e. The summed E-state index contributed by atoms with van der Waals surface area (Å²) in [7, 11) is 1.77. The molecule has 0 atom stereocenters. The second-order valence-electron chi connectivity index (χ2n) is 4.12. The Bertz CT molecular complexity index is 588. The van der Waals surface area contributed by atoms with E-state index in [1.165, 1.54) is 6.33 Å². The van der Waals surface area contributed by atoms with Gasteiger partial charge >= 0.3 is 0 Å². The number of aromatic nitrogens is 4. The number of morpholine rings is 1. The first-order valence-electron chi connectivity index (χ1n) is 5.76. The Hall–Kier alpha value is -2.02. The maximum atomic E-state index is 10.9. The van der Waals surface area contributed by atoms with Gasteiger partial charge in [0.05, 0.1) is 13.2 Å². The molecule has 0 aromatic carbocycles. The summed E-state index contributed by atoms with van der Waals surface area (Å²) in [5.74, 6) is 1.13. The van der Waals surface area contributed by atoms with Gasteiger partial charge in [-0.1, -0.05) is 0 Å². The van der Waals surface area contributed by atoms with E-state index in [2.05, 4.69) is 19.9 Å². The fraction of sp³-hybridized carbons (Fsp3) is 0.455. The first-order valence-corrected chi connectivity index (χ1v) is 5.76. The van der Waals surface area contributed by atoms with Crippen molar-refractivity contribution in [2.45, 2.75) is 0 Å². The van der Waals surface area contributed by atoms with E-state index in [4.69, 9.17) is 4.74 Å². The number of fused-ring (bicyclic) bond motifs is 1. The van der Waals surface area contributed by atoms with E-state index < -0.39 is 0 Å². The summed E-state index contributed by atoms with van der Waals surface area (Å²) >= 11 is 0. The Morgan fingerprint density at radius 3 is 2.83 bits per heavy atom. The van der Waals surface area contributed by atoms with Gasteiger partial charge in [-0.05, 0) is 0 Å². The van der Waals surface area contributed by atoms with Crippen LogP contribution in [0.5, 0.6) is 0 Å². The second-order valence-corrected chi connectivity index (χ2v) is 4.12. The standard InChI is InChI=1S/C11H13N5O2/c1-15-8(6-17)14-9-10(15)12-7-13-11(9)16-2-4-18-5-3-16/h6-7H,2-5H2,1H3. The molecule has 1 aliphatic rings. The van der Waals surface area contributed by atoms with Crippen LogP contribution in [0.15, 0.2) is 6.33 Å². The maximum Gasteiger partial charge on any atom is 0.185 e. The molecule has 0 N–H and O–H groups in total. The topological polar surface area (TPSA) is 73.1 Å². The van der Waals surface area contributed by atoms with Gasteiger partial charge in [0.15, 0.2) is 29.1 Å². The number of carbonyl (C=O) groups excluding carboxylic acids is 1. The van der Waals surface area contributed by atoms with Gasteiger partial charge in [0.2, 0.25) is 0 Å². The van der Waals surface area contributed by atoms with Gasteiger partial charge in [0.1, 0.15) is 6.33 Å². The highest BCUT2D eigenvalue weighted by Gasteiger charge is 2.19. The average Bonchev–Trinajstić information content (AvgIpc) is 2.77. The van der Waals surface area contributed by atoms with E-state index in [9.17, 15) is 4.79 Å². The lowest BCUT2D eigenvalue weighted by atomic mass is 10.4.